The first-order valence-corrected chi connectivity index (χ1v) is 7.82. The molecule has 1 fully saturated rings. The summed E-state index contributed by atoms with van der Waals surface area (Å²) in [5, 5.41) is 11.1. The van der Waals surface area contributed by atoms with Crippen LogP contribution >= 0.6 is 11.6 Å². The number of aromatic nitrogens is 1. The molecule has 2 heterocycles. The molecule has 124 valence electrons. The fourth-order valence-electron chi connectivity index (χ4n) is 2.67. The Morgan fingerprint density at radius 3 is 2.54 bits per heavy atom. The number of hydrogen-bond acceptors (Lipinski definition) is 5. The molecular weight excluding hydrogens is 332 g/mol. The molecule has 1 aromatic heterocycles. The SMILES string of the molecule is O=C(c1cc(Cl)cc([N+](=O)[O-])c1)N1CCN(c2ccccn2)CC1. The number of nitro benzene ring substituents is 1. The maximum atomic E-state index is 12.6. The minimum atomic E-state index is -0.554. The second-order valence-electron chi connectivity index (χ2n) is 5.42. The molecule has 0 spiro atoms. The molecule has 1 aromatic carbocycles. The summed E-state index contributed by atoms with van der Waals surface area (Å²) in [6.45, 7) is 2.36. The van der Waals surface area contributed by atoms with Gasteiger partial charge in [-0.05, 0) is 18.2 Å². The fourth-order valence-corrected chi connectivity index (χ4v) is 2.89. The zero-order valence-electron chi connectivity index (χ0n) is 12.8. The summed E-state index contributed by atoms with van der Waals surface area (Å²) in [6, 6.07) is 9.66. The summed E-state index contributed by atoms with van der Waals surface area (Å²) in [5.41, 5.74) is 0.0541. The molecule has 3 rings (SSSR count). The number of anilines is 1. The van der Waals surface area contributed by atoms with Gasteiger partial charge in [-0.1, -0.05) is 17.7 Å². The minimum absolute atomic E-state index is 0.180. The van der Waals surface area contributed by atoms with Crippen molar-refractivity contribution in [1.82, 2.24) is 9.88 Å². The normalized spacial score (nSPS) is 14.5. The first-order chi connectivity index (χ1) is 11.5. The van der Waals surface area contributed by atoms with Crippen LogP contribution in [0.15, 0.2) is 42.6 Å². The van der Waals surface area contributed by atoms with E-state index >= 15 is 0 Å². The molecular formula is C16H15ClN4O3. The Balaban J connectivity index is 1.70. The predicted octanol–water partition coefficient (Wildman–Crippen LogP) is 2.61. The quantitative estimate of drug-likeness (QED) is 0.630. The van der Waals surface area contributed by atoms with Crippen LogP contribution in [0.1, 0.15) is 10.4 Å². The number of halogens is 1. The van der Waals surface area contributed by atoms with Crippen molar-refractivity contribution in [2.75, 3.05) is 31.1 Å². The van der Waals surface area contributed by atoms with Gasteiger partial charge in [0.2, 0.25) is 0 Å². The Hall–Kier alpha value is -2.67. The number of rotatable bonds is 3. The van der Waals surface area contributed by atoms with Crippen molar-refractivity contribution in [2.45, 2.75) is 0 Å². The lowest BCUT2D eigenvalue weighted by molar-refractivity contribution is -0.384. The van der Waals surface area contributed by atoms with Crippen LogP contribution in [0.4, 0.5) is 11.5 Å². The van der Waals surface area contributed by atoms with Gasteiger partial charge < -0.3 is 9.80 Å². The zero-order valence-corrected chi connectivity index (χ0v) is 13.5. The van der Waals surface area contributed by atoms with E-state index in [2.05, 4.69) is 9.88 Å². The van der Waals surface area contributed by atoms with Gasteiger partial charge in [-0.25, -0.2) is 4.98 Å². The van der Waals surface area contributed by atoms with Crippen LogP contribution in [0.3, 0.4) is 0 Å². The molecule has 0 atom stereocenters. The van der Waals surface area contributed by atoms with Crippen LogP contribution in [-0.2, 0) is 0 Å². The predicted molar refractivity (Wildman–Crippen MR) is 90.5 cm³/mol. The lowest BCUT2D eigenvalue weighted by Gasteiger charge is -2.35. The molecule has 1 aliphatic heterocycles. The van der Waals surface area contributed by atoms with Crippen molar-refractivity contribution < 1.29 is 9.72 Å². The number of carbonyl (C=O) groups is 1. The maximum Gasteiger partial charge on any atom is 0.271 e. The minimum Gasteiger partial charge on any atom is -0.353 e. The van der Waals surface area contributed by atoms with Crippen LogP contribution in [0.25, 0.3) is 0 Å². The summed E-state index contributed by atoms with van der Waals surface area (Å²) in [5.74, 6) is 0.629. The van der Waals surface area contributed by atoms with Gasteiger partial charge in [-0.2, -0.15) is 0 Å². The summed E-state index contributed by atoms with van der Waals surface area (Å²) in [6.07, 6.45) is 1.73. The molecule has 0 N–H and O–H groups in total. The Labute approximate surface area is 143 Å². The molecule has 7 nitrogen and oxygen atoms in total. The third-order valence-electron chi connectivity index (χ3n) is 3.88. The lowest BCUT2D eigenvalue weighted by Crippen LogP contribution is -2.49. The number of hydrogen-bond donors (Lipinski definition) is 0. The zero-order chi connectivity index (χ0) is 17.1. The molecule has 8 heteroatoms. The van der Waals surface area contributed by atoms with Crippen LogP contribution in [0.5, 0.6) is 0 Å². The van der Waals surface area contributed by atoms with Gasteiger partial charge >= 0.3 is 0 Å². The molecule has 0 saturated carbocycles. The van der Waals surface area contributed by atoms with E-state index in [1.165, 1.54) is 18.2 Å². The summed E-state index contributed by atoms with van der Waals surface area (Å²) < 4.78 is 0. The summed E-state index contributed by atoms with van der Waals surface area (Å²) >= 11 is 5.89. The number of nitro groups is 1. The van der Waals surface area contributed by atoms with Crippen LogP contribution < -0.4 is 4.90 Å². The van der Waals surface area contributed by atoms with E-state index in [0.29, 0.717) is 26.2 Å². The molecule has 0 bridgehead atoms. The van der Waals surface area contributed by atoms with E-state index in [9.17, 15) is 14.9 Å². The van der Waals surface area contributed by atoms with Crippen molar-refractivity contribution in [3.8, 4) is 0 Å². The van der Waals surface area contributed by atoms with Gasteiger partial charge in [-0.3, -0.25) is 14.9 Å². The van der Waals surface area contributed by atoms with Crippen molar-refractivity contribution in [3.05, 3.63) is 63.3 Å². The number of carbonyl (C=O) groups excluding carboxylic acids is 1. The Morgan fingerprint density at radius 2 is 1.92 bits per heavy atom. The largest absolute Gasteiger partial charge is 0.353 e. The van der Waals surface area contributed by atoms with Gasteiger partial charge in [0.1, 0.15) is 5.82 Å². The van der Waals surface area contributed by atoms with E-state index in [-0.39, 0.29) is 22.2 Å². The number of benzene rings is 1. The fraction of sp³-hybridized carbons (Fsp3) is 0.250. The average Bonchev–Trinajstić information content (AvgIpc) is 2.61. The third kappa shape index (κ3) is 3.46. The summed E-state index contributed by atoms with van der Waals surface area (Å²) in [7, 11) is 0. The van der Waals surface area contributed by atoms with E-state index in [1.54, 1.807) is 11.1 Å². The molecule has 0 aliphatic carbocycles. The average molecular weight is 347 g/mol. The first-order valence-electron chi connectivity index (χ1n) is 7.45. The van der Waals surface area contributed by atoms with Crippen LogP contribution in [0, 0.1) is 10.1 Å². The monoisotopic (exact) mass is 346 g/mol. The van der Waals surface area contributed by atoms with E-state index in [0.717, 1.165) is 5.82 Å². The number of amides is 1. The molecule has 1 amide bonds. The molecule has 24 heavy (non-hydrogen) atoms. The summed E-state index contributed by atoms with van der Waals surface area (Å²) in [4.78, 5) is 31.0. The van der Waals surface area contributed by atoms with Gasteiger partial charge in [0, 0.05) is 55.1 Å². The van der Waals surface area contributed by atoms with Crippen LogP contribution in [-0.4, -0.2) is 46.9 Å². The Morgan fingerprint density at radius 1 is 1.17 bits per heavy atom. The second-order valence-corrected chi connectivity index (χ2v) is 5.86. The third-order valence-corrected chi connectivity index (χ3v) is 4.10. The highest BCUT2D eigenvalue weighted by Crippen LogP contribution is 2.22. The number of piperazine rings is 1. The standard InChI is InChI=1S/C16H15ClN4O3/c17-13-9-12(10-14(11-13)21(23)24)16(22)20-7-5-19(6-8-20)15-3-1-2-4-18-15/h1-4,9-11H,5-8H2. The van der Waals surface area contributed by atoms with Gasteiger partial charge in [0.25, 0.3) is 11.6 Å². The Kier molecular flexibility index (Phi) is 4.61. The van der Waals surface area contributed by atoms with Gasteiger partial charge in [-0.15, -0.1) is 0 Å². The molecule has 0 unspecified atom stereocenters. The second kappa shape index (κ2) is 6.84. The van der Waals surface area contributed by atoms with Crippen molar-refractivity contribution in [1.29, 1.82) is 0 Å². The van der Waals surface area contributed by atoms with Crippen molar-refractivity contribution >= 4 is 29.0 Å². The maximum absolute atomic E-state index is 12.6. The molecule has 1 aliphatic rings. The molecule has 2 aromatic rings. The topological polar surface area (TPSA) is 79.6 Å². The van der Waals surface area contributed by atoms with Gasteiger partial charge in [0.15, 0.2) is 0 Å². The van der Waals surface area contributed by atoms with Crippen LogP contribution in [0.2, 0.25) is 5.02 Å². The van der Waals surface area contributed by atoms with E-state index in [4.69, 9.17) is 11.6 Å². The highest BCUT2D eigenvalue weighted by atomic mass is 35.5. The number of non-ortho nitro benzene ring substituents is 1. The lowest BCUT2D eigenvalue weighted by atomic mass is 10.1. The van der Waals surface area contributed by atoms with Gasteiger partial charge in [0.05, 0.1) is 4.92 Å². The molecule has 0 radical (unpaired) electrons. The van der Waals surface area contributed by atoms with E-state index < -0.39 is 4.92 Å². The Bertz CT molecular complexity index is 761. The number of pyridine rings is 1. The smallest absolute Gasteiger partial charge is 0.271 e. The highest BCUT2D eigenvalue weighted by Gasteiger charge is 2.24. The number of nitrogens with zero attached hydrogens (tertiary/aromatic N) is 4. The highest BCUT2D eigenvalue weighted by molar-refractivity contribution is 6.31. The first kappa shape index (κ1) is 16.2. The van der Waals surface area contributed by atoms with Crippen molar-refractivity contribution in [3.63, 3.8) is 0 Å². The molecule has 1 saturated heterocycles. The van der Waals surface area contributed by atoms with Crippen molar-refractivity contribution in [2.24, 2.45) is 0 Å². The van der Waals surface area contributed by atoms with E-state index in [1.807, 2.05) is 18.2 Å².